The number of anilines is 1. The summed E-state index contributed by atoms with van der Waals surface area (Å²) in [4.78, 5) is 38.6. The minimum Gasteiger partial charge on any atom is -0.480 e. The standard InChI is InChI=1S/C39H35ClN2O5/c1-39(2,3)29-17-13-28(14-18-29)36(43)41-34-22-19-30(40)24-33(34)37(44)42-35(38(45)46)23-25-9-11-26(12-10-25)27-15-20-32(21-16-27)47-31-7-5-4-6-8-31/h4-22,24,35H,23H2,1-3H3,(H,41,43)(H,42,44)(H,45,46)/t35-/m0/s1. The first-order valence-electron chi connectivity index (χ1n) is 15.1. The van der Waals surface area contributed by atoms with Crippen LogP contribution >= 0.6 is 11.6 Å². The van der Waals surface area contributed by atoms with Gasteiger partial charge in [-0.05, 0) is 82.3 Å². The van der Waals surface area contributed by atoms with Gasteiger partial charge in [0, 0.05) is 17.0 Å². The summed E-state index contributed by atoms with van der Waals surface area (Å²) >= 11 is 6.20. The van der Waals surface area contributed by atoms with Gasteiger partial charge in [0.1, 0.15) is 17.5 Å². The number of para-hydroxylation sites is 1. The number of carboxylic acid groups (broad SMARTS) is 1. The van der Waals surface area contributed by atoms with Crippen molar-refractivity contribution in [2.45, 2.75) is 38.6 Å². The highest BCUT2D eigenvalue weighted by Gasteiger charge is 2.24. The molecule has 0 radical (unpaired) electrons. The van der Waals surface area contributed by atoms with E-state index in [0.29, 0.717) is 11.3 Å². The smallest absolute Gasteiger partial charge is 0.326 e. The Morgan fingerprint density at radius 2 is 1.34 bits per heavy atom. The van der Waals surface area contributed by atoms with E-state index in [1.807, 2.05) is 91.0 Å². The summed E-state index contributed by atoms with van der Waals surface area (Å²) in [6.45, 7) is 6.26. The fraction of sp³-hybridized carbons (Fsp3) is 0.154. The van der Waals surface area contributed by atoms with Crippen molar-refractivity contribution in [1.82, 2.24) is 5.32 Å². The fourth-order valence-corrected chi connectivity index (χ4v) is 5.15. The van der Waals surface area contributed by atoms with E-state index in [-0.39, 0.29) is 28.1 Å². The van der Waals surface area contributed by atoms with E-state index in [2.05, 4.69) is 31.4 Å². The van der Waals surface area contributed by atoms with Crippen LogP contribution < -0.4 is 15.4 Å². The number of hydrogen-bond donors (Lipinski definition) is 3. The third kappa shape index (κ3) is 8.66. The second-order valence-corrected chi connectivity index (χ2v) is 12.6. The van der Waals surface area contributed by atoms with Crippen LogP contribution in [0.1, 0.15) is 52.6 Å². The Hall–Kier alpha value is -5.40. The Kier molecular flexibility index (Phi) is 10.1. The van der Waals surface area contributed by atoms with Gasteiger partial charge in [0.25, 0.3) is 11.8 Å². The first-order chi connectivity index (χ1) is 22.5. The maximum Gasteiger partial charge on any atom is 0.326 e. The molecule has 8 heteroatoms. The summed E-state index contributed by atoms with van der Waals surface area (Å²) in [6, 6.07) is 35.2. The number of carbonyl (C=O) groups excluding carboxylic acids is 2. The molecule has 0 spiro atoms. The van der Waals surface area contributed by atoms with Gasteiger partial charge in [0.2, 0.25) is 0 Å². The molecule has 0 aliphatic rings. The summed E-state index contributed by atoms with van der Waals surface area (Å²) in [6.07, 6.45) is 0.0492. The normalized spacial score (nSPS) is 11.7. The molecule has 2 amide bonds. The van der Waals surface area contributed by atoms with Crippen molar-refractivity contribution < 1.29 is 24.2 Å². The lowest BCUT2D eigenvalue weighted by Gasteiger charge is -2.19. The molecule has 0 aliphatic heterocycles. The van der Waals surface area contributed by atoms with Gasteiger partial charge in [-0.3, -0.25) is 9.59 Å². The van der Waals surface area contributed by atoms with E-state index in [4.69, 9.17) is 16.3 Å². The number of halogens is 1. The molecule has 238 valence electrons. The van der Waals surface area contributed by atoms with E-state index >= 15 is 0 Å². The molecule has 7 nitrogen and oxygen atoms in total. The maximum atomic E-state index is 13.4. The molecule has 3 N–H and O–H groups in total. The number of benzene rings is 5. The van der Waals surface area contributed by atoms with Crippen molar-refractivity contribution in [3.63, 3.8) is 0 Å². The SMILES string of the molecule is CC(C)(C)c1ccc(C(=O)Nc2ccc(Cl)cc2C(=O)N[C@@H](Cc2ccc(-c3ccc(Oc4ccccc4)cc3)cc2)C(=O)O)cc1. The van der Waals surface area contributed by atoms with E-state index in [9.17, 15) is 19.5 Å². The Balaban J connectivity index is 1.25. The molecule has 0 saturated heterocycles. The number of aliphatic carboxylic acids is 1. The molecule has 1 atom stereocenters. The summed E-state index contributed by atoms with van der Waals surface area (Å²) in [7, 11) is 0. The molecular weight excluding hydrogens is 612 g/mol. The number of nitrogens with one attached hydrogen (secondary N) is 2. The molecule has 0 saturated carbocycles. The highest BCUT2D eigenvalue weighted by molar-refractivity contribution is 6.31. The zero-order chi connectivity index (χ0) is 33.6. The van der Waals surface area contributed by atoms with Crippen LogP contribution in [0, 0.1) is 0 Å². The van der Waals surface area contributed by atoms with Gasteiger partial charge in [-0.2, -0.15) is 0 Å². The van der Waals surface area contributed by atoms with E-state index in [1.54, 1.807) is 18.2 Å². The topological polar surface area (TPSA) is 105 Å². The predicted octanol–water partition coefficient (Wildman–Crippen LogP) is 8.77. The number of carboxylic acids is 1. The van der Waals surface area contributed by atoms with Crippen LogP contribution in [0.15, 0.2) is 121 Å². The summed E-state index contributed by atoms with van der Waals surface area (Å²) < 4.78 is 5.87. The molecule has 0 aromatic heterocycles. The van der Waals surface area contributed by atoms with Gasteiger partial charge < -0.3 is 20.5 Å². The van der Waals surface area contributed by atoms with Gasteiger partial charge in [0.15, 0.2) is 0 Å². The molecule has 0 fully saturated rings. The zero-order valence-corrected chi connectivity index (χ0v) is 27.0. The predicted molar refractivity (Wildman–Crippen MR) is 186 cm³/mol. The number of amides is 2. The van der Waals surface area contributed by atoms with Gasteiger partial charge >= 0.3 is 5.97 Å². The number of hydrogen-bond acceptors (Lipinski definition) is 4. The van der Waals surface area contributed by atoms with Crippen LogP contribution in [0.3, 0.4) is 0 Å². The zero-order valence-electron chi connectivity index (χ0n) is 26.3. The summed E-state index contributed by atoms with van der Waals surface area (Å²) in [5, 5.41) is 15.6. The van der Waals surface area contributed by atoms with E-state index in [1.165, 1.54) is 12.1 Å². The molecule has 0 aliphatic carbocycles. The molecule has 47 heavy (non-hydrogen) atoms. The molecule has 0 unspecified atom stereocenters. The fourth-order valence-electron chi connectivity index (χ4n) is 4.97. The highest BCUT2D eigenvalue weighted by Crippen LogP contribution is 2.27. The van der Waals surface area contributed by atoms with Gasteiger partial charge in [0.05, 0.1) is 11.3 Å². The molecule has 0 heterocycles. The monoisotopic (exact) mass is 646 g/mol. The van der Waals surface area contributed by atoms with Crippen LogP contribution in [0.25, 0.3) is 11.1 Å². The molecule has 5 aromatic carbocycles. The lowest BCUT2D eigenvalue weighted by Crippen LogP contribution is -2.42. The molecule has 0 bridgehead atoms. The molecular formula is C39H35ClN2O5. The Morgan fingerprint density at radius 3 is 1.94 bits per heavy atom. The third-order valence-electron chi connectivity index (χ3n) is 7.65. The minimum absolute atomic E-state index is 0.0492. The van der Waals surface area contributed by atoms with Crippen molar-refractivity contribution in [3.8, 4) is 22.6 Å². The summed E-state index contributed by atoms with van der Waals surface area (Å²) in [5.41, 5.74) is 4.35. The average Bonchev–Trinajstić information content (AvgIpc) is 3.06. The lowest BCUT2D eigenvalue weighted by atomic mass is 9.86. The highest BCUT2D eigenvalue weighted by atomic mass is 35.5. The van der Waals surface area contributed by atoms with Crippen LogP contribution in [0.2, 0.25) is 5.02 Å². The van der Waals surface area contributed by atoms with Crippen LogP contribution in [-0.2, 0) is 16.6 Å². The third-order valence-corrected chi connectivity index (χ3v) is 7.89. The second-order valence-electron chi connectivity index (χ2n) is 12.2. The Morgan fingerprint density at radius 1 is 0.745 bits per heavy atom. The number of carbonyl (C=O) groups is 3. The first-order valence-corrected chi connectivity index (χ1v) is 15.5. The lowest BCUT2D eigenvalue weighted by molar-refractivity contribution is -0.139. The van der Waals surface area contributed by atoms with Crippen molar-refractivity contribution in [3.05, 3.63) is 149 Å². The Bertz CT molecular complexity index is 1870. The average molecular weight is 647 g/mol. The second kappa shape index (κ2) is 14.4. The Labute approximate surface area is 279 Å². The van der Waals surface area contributed by atoms with Crippen molar-refractivity contribution in [2.75, 3.05) is 5.32 Å². The van der Waals surface area contributed by atoms with Crippen molar-refractivity contribution >= 4 is 35.1 Å². The van der Waals surface area contributed by atoms with Crippen molar-refractivity contribution in [2.24, 2.45) is 0 Å². The summed E-state index contributed by atoms with van der Waals surface area (Å²) in [5.74, 6) is -0.803. The van der Waals surface area contributed by atoms with Crippen LogP contribution in [-0.4, -0.2) is 28.9 Å². The largest absolute Gasteiger partial charge is 0.480 e. The number of ether oxygens (including phenoxy) is 1. The molecule has 5 rings (SSSR count). The van der Waals surface area contributed by atoms with E-state index < -0.39 is 23.8 Å². The number of rotatable bonds is 10. The minimum atomic E-state index is -1.23. The van der Waals surface area contributed by atoms with Crippen LogP contribution in [0.4, 0.5) is 5.69 Å². The quantitative estimate of drug-likeness (QED) is 0.141. The van der Waals surface area contributed by atoms with Gasteiger partial charge in [-0.15, -0.1) is 0 Å². The maximum absolute atomic E-state index is 13.4. The van der Waals surface area contributed by atoms with Gasteiger partial charge in [-0.25, -0.2) is 4.79 Å². The van der Waals surface area contributed by atoms with E-state index in [0.717, 1.165) is 28.0 Å². The first kappa shape index (κ1) is 33.0. The van der Waals surface area contributed by atoms with Crippen molar-refractivity contribution in [1.29, 1.82) is 0 Å². The van der Waals surface area contributed by atoms with Gasteiger partial charge in [-0.1, -0.05) is 99.1 Å². The molecule has 5 aromatic rings. The van der Waals surface area contributed by atoms with Crippen LogP contribution in [0.5, 0.6) is 11.5 Å².